The Hall–Kier alpha value is -2.43. The van der Waals surface area contributed by atoms with Crippen molar-refractivity contribution in [1.29, 1.82) is 0 Å². The van der Waals surface area contributed by atoms with E-state index in [9.17, 15) is 19.5 Å². The molecule has 0 unspecified atom stereocenters. The number of carbonyl (C=O) groups excluding carboxylic acids is 2. The number of allylic oxidation sites excluding steroid dienone is 2. The second kappa shape index (κ2) is 6.23. The van der Waals surface area contributed by atoms with Gasteiger partial charge in [0.25, 0.3) is 0 Å². The molecule has 1 aromatic carbocycles. The Bertz CT molecular complexity index is 709. The van der Waals surface area contributed by atoms with Crippen molar-refractivity contribution >= 4 is 17.8 Å². The standard InChI is InChI=1S/C19H21NO4/c1-11-8-12(2)16-14(9-11)17(21)20(18(16)22)15(19(23)24)10-13-6-4-3-5-7-13/h3-8,12,14-16H,9-10H2,1-2H3,(H,23,24)/t12-,14+,15+,16-/m1/s1. The summed E-state index contributed by atoms with van der Waals surface area (Å²) >= 11 is 0. The van der Waals surface area contributed by atoms with E-state index in [1.165, 1.54) is 0 Å². The number of rotatable bonds is 4. The SMILES string of the molecule is CC1=C[C@@H](C)[C@H]2C(=O)N([C@@H](Cc3ccccc3)C(=O)O)C(=O)[C@H]2C1. The van der Waals surface area contributed by atoms with Crippen LogP contribution in [0.1, 0.15) is 25.8 Å². The molecule has 0 saturated carbocycles. The summed E-state index contributed by atoms with van der Waals surface area (Å²) in [6, 6.07) is 7.94. The Labute approximate surface area is 141 Å². The molecule has 0 radical (unpaired) electrons. The number of carbonyl (C=O) groups is 3. The normalized spacial score (nSPS) is 27.7. The van der Waals surface area contributed by atoms with Gasteiger partial charge in [0.1, 0.15) is 6.04 Å². The fourth-order valence-electron chi connectivity index (χ4n) is 3.98. The summed E-state index contributed by atoms with van der Waals surface area (Å²) in [6.45, 7) is 3.87. The highest BCUT2D eigenvalue weighted by Crippen LogP contribution is 2.41. The molecule has 1 aliphatic heterocycles. The maximum Gasteiger partial charge on any atom is 0.327 e. The third-order valence-corrected chi connectivity index (χ3v) is 5.04. The van der Waals surface area contributed by atoms with Crippen LogP contribution in [0.15, 0.2) is 42.0 Å². The molecule has 24 heavy (non-hydrogen) atoms. The maximum atomic E-state index is 12.8. The third kappa shape index (κ3) is 2.75. The minimum Gasteiger partial charge on any atom is -0.480 e. The lowest BCUT2D eigenvalue weighted by atomic mass is 9.76. The van der Waals surface area contributed by atoms with Crippen LogP contribution in [0.25, 0.3) is 0 Å². The lowest BCUT2D eigenvalue weighted by molar-refractivity contribution is -0.155. The number of aliphatic carboxylic acids is 1. The molecule has 1 N–H and O–H groups in total. The van der Waals surface area contributed by atoms with Crippen LogP contribution >= 0.6 is 0 Å². The van der Waals surface area contributed by atoms with Gasteiger partial charge in [-0.2, -0.15) is 0 Å². The molecule has 5 nitrogen and oxygen atoms in total. The van der Waals surface area contributed by atoms with E-state index in [1.807, 2.05) is 50.3 Å². The van der Waals surface area contributed by atoms with Gasteiger partial charge >= 0.3 is 5.97 Å². The summed E-state index contributed by atoms with van der Waals surface area (Å²) < 4.78 is 0. The first-order valence-electron chi connectivity index (χ1n) is 8.21. The number of nitrogens with zero attached hydrogens (tertiary/aromatic N) is 1. The summed E-state index contributed by atoms with van der Waals surface area (Å²) in [5, 5.41) is 9.62. The largest absolute Gasteiger partial charge is 0.480 e. The molecular weight excluding hydrogens is 306 g/mol. The van der Waals surface area contributed by atoms with Gasteiger partial charge in [-0.15, -0.1) is 0 Å². The Morgan fingerprint density at radius 2 is 1.92 bits per heavy atom. The molecular formula is C19H21NO4. The summed E-state index contributed by atoms with van der Waals surface area (Å²) in [7, 11) is 0. The van der Waals surface area contributed by atoms with Crippen LogP contribution in [0.5, 0.6) is 0 Å². The fraction of sp³-hybridized carbons (Fsp3) is 0.421. The van der Waals surface area contributed by atoms with Gasteiger partial charge < -0.3 is 5.11 Å². The van der Waals surface area contributed by atoms with Gasteiger partial charge in [-0.25, -0.2) is 4.79 Å². The highest BCUT2D eigenvalue weighted by molar-refractivity contribution is 6.08. The number of fused-ring (bicyclic) bond motifs is 1. The molecule has 2 amide bonds. The van der Waals surface area contributed by atoms with E-state index < -0.39 is 23.8 Å². The minimum absolute atomic E-state index is 0.0450. The van der Waals surface area contributed by atoms with Gasteiger partial charge in [-0.1, -0.05) is 48.9 Å². The van der Waals surface area contributed by atoms with Gasteiger partial charge in [0, 0.05) is 6.42 Å². The van der Waals surface area contributed by atoms with Crippen LogP contribution < -0.4 is 0 Å². The molecule has 0 aromatic heterocycles. The van der Waals surface area contributed by atoms with Gasteiger partial charge in [-0.3, -0.25) is 14.5 Å². The highest BCUT2D eigenvalue weighted by atomic mass is 16.4. The molecule has 1 fully saturated rings. The summed E-state index contributed by atoms with van der Waals surface area (Å²) in [6.07, 6.45) is 2.68. The second-order valence-corrected chi connectivity index (χ2v) is 6.80. The first-order chi connectivity index (χ1) is 11.4. The predicted octanol–water partition coefficient (Wildman–Crippen LogP) is 2.27. The molecule has 1 saturated heterocycles. The van der Waals surface area contributed by atoms with Gasteiger partial charge in [0.05, 0.1) is 11.8 Å². The van der Waals surface area contributed by atoms with Gasteiger partial charge in [-0.05, 0) is 24.8 Å². The zero-order valence-corrected chi connectivity index (χ0v) is 13.8. The Balaban J connectivity index is 1.91. The van der Waals surface area contributed by atoms with Crippen LogP contribution in [0.3, 0.4) is 0 Å². The summed E-state index contributed by atoms with van der Waals surface area (Å²) in [5.41, 5.74) is 1.88. The average molecular weight is 327 g/mol. The van der Waals surface area contributed by atoms with Crippen LogP contribution in [0.2, 0.25) is 0 Å². The number of amides is 2. The van der Waals surface area contributed by atoms with Crippen LogP contribution in [0, 0.1) is 17.8 Å². The van der Waals surface area contributed by atoms with E-state index >= 15 is 0 Å². The molecule has 2 aliphatic rings. The van der Waals surface area contributed by atoms with E-state index in [1.54, 1.807) is 0 Å². The zero-order valence-electron chi connectivity index (χ0n) is 13.8. The van der Waals surface area contributed by atoms with Crippen molar-refractivity contribution in [3.63, 3.8) is 0 Å². The van der Waals surface area contributed by atoms with Crippen LogP contribution in [-0.4, -0.2) is 33.8 Å². The molecule has 4 atom stereocenters. The van der Waals surface area contributed by atoms with Crippen molar-refractivity contribution in [2.24, 2.45) is 17.8 Å². The highest BCUT2D eigenvalue weighted by Gasteiger charge is 2.53. The molecule has 1 aromatic rings. The molecule has 5 heteroatoms. The number of hydrogen-bond donors (Lipinski definition) is 1. The molecule has 1 aliphatic carbocycles. The second-order valence-electron chi connectivity index (χ2n) is 6.80. The van der Waals surface area contributed by atoms with Crippen molar-refractivity contribution in [1.82, 2.24) is 4.90 Å². The fourth-order valence-corrected chi connectivity index (χ4v) is 3.98. The van der Waals surface area contributed by atoms with E-state index in [4.69, 9.17) is 0 Å². The lowest BCUT2D eigenvalue weighted by Crippen LogP contribution is -2.47. The van der Waals surface area contributed by atoms with E-state index in [2.05, 4.69) is 0 Å². The summed E-state index contributed by atoms with van der Waals surface area (Å²) in [4.78, 5) is 38.4. The van der Waals surface area contributed by atoms with Crippen molar-refractivity contribution in [2.75, 3.05) is 0 Å². The first kappa shape index (κ1) is 16.4. The smallest absolute Gasteiger partial charge is 0.327 e. The maximum absolute atomic E-state index is 12.8. The molecule has 126 valence electrons. The first-order valence-corrected chi connectivity index (χ1v) is 8.21. The number of hydrogen-bond acceptors (Lipinski definition) is 3. The number of likely N-dealkylation sites (tertiary alicyclic amines) is 1. The number of carboxylic acid groups (broad SMARTS) is 1. The lowest BCUT2D eigenvalue weighted by Gasteiger charge is -2.25. The molecule has 1 heterocycles. The Morgan fingerprint density at radius 3 is 2.54 bits per heavy atom. The Kier molecular flexibility index (Phi) is 4.26. The minimum atomic E-state index is -1.15. The number of imide groups is 1. The van der Waals surface area contributed by atoms with Crippen molar-refractivity contribution in [2.45, 2.75) is 32.7 Å². The quantitative estimate of drug-likeness (QED) is 0.680. The third-order valence-electron chi connectivity index (χ3n) is 5.04. The Morgan fingerprint density at radius 1 is 1.25 bits per heavy atom. The van der Waals surface area contributed by atoms with Crippen LogP contribution in [0.4, 0.5) is 0 Å². The zero-order chi connectivity index (χ0) is 17.4. The van der Waals surface area contributed by atoms with E-state index in [0.717, 1.165) is 16.0 Å². The van der Waals surface area contributed by atoms with Crippen molar-refractivity contribution in [3.05, 3.63) is 47.5 Å². The van der Waals surface area contributed by atoms with Gasteiger partial charge in [0.15, 0.2) is 0 Å². The number of benzene rings is 1. The van der Waals surface area contributed by atoms with E-state index in [0.29, 0.717) is 6.42 Å². The molecule has 0 spiro atoms. The van der Waals surface area contributed by atoms with Crippen LogP contribution in [-0.2, 0) is 20.8 Å². The topological polar surface area (TPSA) is 74.7 Å². The number of carboxylic acids is 1. The van der Waals surface area contributed by atoms with Crippen molar-refractivity contribution < 1.29 is 19.5 Å². The van der Waals surface area contributed by atoms with E-state index in [-0.39, 0.29) is 24.2 Å². The molecule has 3 rings (SSSR count). The summed E-state index contributed by atoms with van der Waals surface area (Å²) in [5.74, 6) is -2.72. The monoisotopic (exact) mass is 327 g/mol. The average Bonchev–Trinajstić information content (AvgIpc) is 2.77. The van der Waals surface area contributed by atoms with Gasteiger partial charge in [0.2, 0.25) is 11.8 Å². The predicted molar refractivity (Wildman–Crippen MR) is 87.9 cm³/mol. The van der Waals surface area contributed by atoms with Crippen molar-refractivity contribution in [3.8, 4) is 0 Å². The molecule has 0 bridgehead atoms.